The fraction of sp³-hybridized carbons (Fsp3) is 0.394. The van der Waals surface area contributed by atoms with Crippen LogP contribution in [0.2, 0.25) is 0 Å². The summed E-state index contributed by atoms with van der Waals surface area (Å²) in [5, 5.41) is 10.8. The molecule has 0 saturated carbocycles. The van der Waals surface area contributed by atoms with Crippen LogP contribution in [0.3, 0.4) is 0 Å². The maximum Gasteiger partial charge on any atom is 0.294 e. The van der Waals surface area contributed by atoms with Crippen LogP contribution < -0.4 is 10.0 Å². The second-order valence-corrected chi connectivity index (χ2v) is 15.2. The summed E-state index contributed by atoms with van der Waals surface area (Å²) in [5.41, 5.74) is 4.03. The van der Waals surface area contributed by atoms with E-state index in [0.29, 0.717) is 32.4 Å². The highest BCUT2D eigenvalue weighted by molar-refractivity contribution is 7.86. The first-order chi connectivity index (χ1) is 20.9. The summed E-state index contributed by atoms with van der Waals surface area (Å²) in [6, 6.07) is 9.21. The Kier molecular flexibility index (Phi) is 9.65. The van der Waals surface area contributed by atoms with E-state index in [4.69, 9.17) is 0 Å². The van der Waals surface area contributed by atoms with Crippen LogP contribution in [0.15, 0.2) is 82.3 Å². The Morgan fingerprint density at radius 3 is 2.09 bits per heavy atom. The van der Waals surface area contributed by atoms with Gasteiger partial charge in [0.15, 0.2) is 5.71 Å². The Hall–Kier alpha value is -3.58. The molecule has 45 heavy (non-hydrogen) atoms. The molecule has 2 N–H and O–H groups in total. The number of aliphatic carboxylic acids is 1. The smallest absolute Gasteiger partial charge is 0.294 e. The largest absolute Gasteiger partial charge is 0.550 e. The van der Waals surface area contributed by atoms with Crippen LogP contribution in [0.25, 0.3) is 0 Å². The average molecular weight is 657 g/mol. The molecule has 0 bridgehead atoms. The van der Waals surface area contributed by atoms with Gasteiger partial charge in [0.25, 0.3) is 20.2 Å². The van der Waals surface area contributed by atoms with Crippen LogP contribution in [0.4, 0.5) is 11.4 Å². The summed E-state index contributed by atoms with van der Waals surface area (Å²) in [7, 11) is -8.73. The summed E-state index contributed by atoms with van der Waals surface area (Å²) in [4.78, 5) is 12.6. The molecule has 0 unspecified atom stereocenters. The predicted molar refractivity (Wildman–Crippen MR) is 171 cm³/mol. The molecule has 0 radical (unpaired) electrons. The molecule has 10 nitrogen and oxygen atoms in total. The summed E-state index contributed by atoms with van der Waals surface area (Å²) in [5.74, 6) is -1.08. The maximum absolute atomic E-state index is 11.9. The molecule has 0 amide bonds. The normalized spacial score (nSPS) is 18.4. The summed E-state index contributed by atoms with van der Waals surface area (Å²) in [6.45, 7) is 11.2. The number of fused-ring (bicyclic) bond motifs is 2. The van der Waals surface area contributed by atoms with Crippen molar-refractivity contribution in [3.05, 3.63) is 83.6 Å². The Morgan fingerprint density at radius 2 is 1.49 bits per heavy atom. The van der Waals surface area contributed by atoms with Crippen molar-refractivity contribution in [2.24, 2.45) is 0 Å². The third-order valence-corrected chi connectivity index (χ3v) is 10.3. The van der Waals surface area contributed by atoms with E-state index in [0.717, 1.165) is 33.9 Å². The number of carboxylic acids is 1. The number of carbonyl (C=O) groups excluding carboxylic acids is 1. The van der Waals surface area contributed by atoms with Gasteiger partial charge in [-0.25, -0.2) is 0 Å². The topological polar surface area (TPSA) is 155 Å². The quantitative estimate of drug-likeness (QED) is 0.143. The minimum atomic E-state index is -4.39. The first-order valence-electron chi connectivity index (χ1n) is 14.8. The molecule has 4 rings (SSSR count). The van der Waals surface area contributed by atoms with E-state index in [1.807, 2.05) is 65.0 Å². The molecule has 242 valence electrons. The molecule has 2 heterocycles. The zero-order valence-corrected chi connectivity index (χ0v) is 27.8. The Morgan fingerprint density at radius 1 is 0.867 bits per heavy atom. The minimum Gasteiger partial charge on any atom is -0.550 e. The number of likely N-dealkylation sites (N-methyl/N-ethyl adjacent to an activating group) is 1. The summed E-state index contributed by atoms with van der Waals surface area (Å²) >= 11 is 0. The molecular formula is C33H40N2O8S2. The highest BCUT2D eigenvalue weighted by Crippen LogP contribution is 2.48. The number of benzene rings is 2. The zero-order chi connectivity index (χ0) is 33.4. The number of hydrogen-bond acceptors (Lipinski definition) is 7. The minimum absolute atomic E-state index is 0.00435. The van der Waals surface area contributed by atoms with Crippen LogP contribution in [0.5, 0.6) is 0 Å². The zero-order valence-electron chi connectivity index (χ0n) is 26.1. The van der Waals surface area contributed by atoms with Crippen LogP contribution in [0, 0.1) is 0 Å². The van der Waals surface area contributed by atoms with Gasteiger partial charge in [0.1, 0.15) is 6.54 Å². The van der Waals surface area contributed by atoms with Crippen LogP contribution in [-0.4, -0.2) is 55.3 Å². The van der Waals surface area contributed by atoms with E-state index in [-0.39, 0.29) is 16.2 Å². The Labute approximate surface area is 265 Å². The van der Waals surface area contributed by atoms with Gasteiger partial charge in [-0.15, -0.1) is 0 Å². The van der Waals surface area contributed by atoms with E-state index in [2.05, 4.69) is 9.48 Å². The lowest BCUT2D eigenvalue weighted by atomic mass is 9.81. The second kappa shape index (κ2) is 12.7. The molecule has 0 atom stereocenters. The Bertz CT molecular complexity index is 1850. The SMILES string of the molecule is CCN1/C(=C/C=C/C=C/C2=[N+](CCCCCC(=O)[O-])c3ccc(S(=O)(=O)O)cc3C2(C)C)C(C)(C)c2cc(S(=O)(=O)O)ccc21. The molecule has 2 aliphatic rings. The first kappa shape index (κ1) is 34.3. The third-order valence-electron chi connectivity index (χ3n) is 8.63. The van der Waals surface area contributed by atoms with Gasteiger partial charge in [-0.3, -0.25) is 9.11 Å². The molecular weight excluding hydrogens is 617 g/mol. The molecule has 0 fully saturated rings. The van der Waals surface area contributed by atoms with Gasteiger partial charge in [0, 0.05) is 53.4 Å². The number of carbonyl (C=O) groups is 1. The monoisotopic (exact) mass is 656 g/mol. The van der Waals surface area contributed by atoms with E-state index >= 15 is 0 Å². The van der Waals surface area contributed by atoms with Crippen molar-refractivity contribution in [2.45, 2.75) is 80.9 Å². The van der Waals surface area contributed by atoms with Crippen molar-refractivity contribution < 1.29 is 40.4 Å². The van der Waals surface area contributed by atoms with Gasteiger partial charge in [0.2, 0.25) is 5.69 Å². The molecule has 2 aliphatic heterocycles. The highest BCUT2D eigenvalue weighted by atomic mass is 32.2. The standard InChI is InChI=1S/C33H40N2O8S2/c1-6-34-27-18-16-23(44(38,39)40)21-25(27)32(2,3)29(34)13-9-7-10-14-30-33(4,5)26-22-24(45(41,42)43)17-19-28(26)35(30)20-12-8-11-15-31(36)37/h7,9-10,13-14,16-19,21-22H,6,8,11-12,15,20H2,1-5H3,(H2-,36,37,38,39,40,41,42,43). The number of hydrogen-bond donors (Lipinski definition) is 2. The van der Waals surface area contributed by atoms with E-state index in [1.54, 1.807) is 12.1 Å². The fourth-order valence-corrected chi connectivity index (χ4v) is 7.30. The van der Waals surface area contributed by atoms with E-state index < -0.39 is 37.0 Å². The van der Waals surface area contributed by atoms with E-state index in [1.165, 1.54) is 24.3 Å². The van der Waals surface area contributed by atoms with Crippen LogP contribution >= 0.6 is 0 Å². The lowest BCUT2D eigenvalue weighted by molar-refractivity contribution is -0.438. The van der Waals surface area contributed by atoms with Crippen molar-refractivity contribution in [3.63, 3.8) is 0 Å². The molecule has 0 aromatic heterocycles. The van der Waals surface area contributed by atoms with Gasteiger partial charge in [-0.2, -0.15) is 21.4 Å². The van der Waals surface area contributed by atoms with E-state index in [9.17, 15) is 35.8 Å². The van der Waals surface area contributed by atoms with Crippen molar-refractivity contribution in [1.29, 1.82) is 0 Å². The van der Waals surface area contributed by atoms with Gasteiger partial charge < -0.3 is 14.8 Å². The van der Waals surface area contributed by atoms with Crippen molar-refractivity contribution >= 4 is 43.3 Å². The molecule has 2 aromatic carbocycles. The third kappa shape index (κ3) is 6.99. The molecule has 12 heteroatoms. The fourth-order valence-electron chi connectivity index (χ4n) is 6.29. The van der Waals surface area contributed by atoms with Crippen molar-refractivity contribution in [2.75, 3.05) is 18.0 Å². The highest BCUT2D eigenvalue weighted by Gasteiger charge is 2.45. The predicted octanol–water partition coefficient (Wildman–Crippen LogP) is 4.68. The number of allylic oxidation sites excluding steroid dienone is 6. The molecule has 2 aromatic rings. The van der Waals surface area contributed by atoms with Gasteiger partial charge >= 0.3 is 0 Å². The van der Waals surface area contributed by atoms with Crippen molar-refractivity contribution in [3.8, 4) is 0 Å². The number of anilines is 1. The number of carboxylic acid groups (broad SMARTS) is 1. The van der Waals surface area contributed by atoms with Crippen LogP contribution in [-0.2, 0) is 35.9 Å². The number of rotatable bonds is 12. The number of unbranched alkanes of at least 4 members (excludes halogenated alkanes) is 2. The Balaban J connectivity index is 1.65. The average Bonchev–Trinajstić information content (AvgIpc) is 3.29. The first-order valence-corrected chi connectivity index (χ1v) is 17.7. The summed E-state index contributed by atoms with van der Waals surface area (Å²) < 4.78 is 68.7. The molecule has 0 aliphatic carbocycles. The molecule has 0 saturated heterocycles. The maximum atomic E-state index is 11.9. The lowest BCUT2D eigenvalue weighted by Gasteiger charge is -2.25. The van der Waals surface area contributed by atoms with Crippen molar-refractivity contribution in [1.82, 2.24) is 0 Å². The number of nitrogens with zero attached hydrogens (tertiary/aromatic N) is 2. The lowest BCUT2D eigenvalue weighted by Crippen LogP contribution is -2.28. The van der Waals surface area contributed by atoms with Gasteiger partial charge in [0.05, 0.1) is 15.2 Å². The van der Waals surface area contributed by atoms with Crippen LogP contribution in [0.1, 0.15) is 71.4 Å². The molecule has 0 spiro atoms. The van der Waals surface area contributed by atoms with Gasteiger partial charge in [-0.05, 0) is 82.0 Å². The van der Waals surface area contributed by atoms with Gasteiger partial charge in [-0.1, -0.05) is 32.1 Å². The second-order valence-electron chi connectivity index (χ2n) is 12.3. The summed E-state index contributed by atoms with van der Waals surface area (Å²) in [6.07, 6.45) is 11.5.